The first-order chi connectivity index (χ1) is 13.7. The molecular weight excluding hydrogens is 348 g/mol. The van der Waals surface area contributed by atoms with E-state index in [1.807, 2.05) is 32.1 Å². The van der Waals surface area contributed by atoms with E-state index >= 15 is 0 Å². The van der Waals surface area contributed by atoms with Crippen LogP contribution in [-0.2, 0) is 17.6 Å². The van der Waals surface area contributed by atoms with Crippen molar-refractivity contribution >= 4 is 0 Å². The summed E-state index contributed by atoms with van der Waals surface area (Å²) < 4.78 is 17.8. The summed E-state index contributed by atoms with van der Waals surface area (Å²) in [5.41, 5.74) is 4.59. The zero-order chi connectivity index (χ0) is 19.9. The molecule has 0 amide bonds. The highest BCUT2D eigenvalue weighted by molar-refractivity contribution is 5.61. The topological polar surface area (TPSA) is 27.7 Å². The van der Waals surface area contributed by atoms with E-state index in [-0.39, 0.29) is 0 Å². The van der Waals surface area contributed by atoms with Gasteiger partial charge >= 0.3 is 0 Å². The average molecular weight is 376 g/mol. The molecule has 1 aromatic carbocycles. The molecule has 3 rings (SSSR count). The predicted molar refractivity (Wildman–Crippen MR) is 114 cm³/mol. The fourth-order valence-corrected chi connectivity index (χ4v) is 3.41. The molecule has 0 fully saturated rings. The molecule has 0 saturated carbocycles. The van der Waals surface area contributed by atoms with Crippen molar-refractivity contribution in [3.05, 3.63) is 94.7 Å². The molecule has 28 heavy (non-hydrogen) atoms. The van der Waals surface area contributed by atoms with Crippen LogP contribution in [0.15, 0.2) is 83.6 Å². The van der Waals surface area contributed by atoms with Gasteiger partial charge in [0.25, 0.3) is 0 Å². The Morgan fingerprint density at radius 3 is 2.43 bits per heavy atom. The molecule has 0 bridgehead atoms. The van der Waals surface area contributed by atoms with Crippen molar-refractivity contribution in [3.8, 4) is 11.5 Å². The quantitative estimate of drug-likeness (QED) is 0.561. The molecular formula is C25H28O3. The molecule has 0 atom stereocenters. The van der Waals surface area contributed by atoms with E-state index in [1.165, 1.54) is 5.57 Å². The number of hydrogen-bond donors (Lipinski definition) is 0. The van der Waals surface area contributed by atoms with Gasteiger partial charge in [-0.1, -0.05) is 49.4 Å². The van der Waals surface area contributed by atoms with E-state index in [1.54, 1.807) is 13.4 Å². The molecule has 3 heteroatoms. The third kappa shape index (κ3) is 4.14. The van der Waals surface area contributed by atoms with E-state index in [9.17, 15) is 0 Å². The maximum Gasteiger partial charge on any atom is 0.173 e. The highest BCUT2D eigenvalue weighted by Crippen LogP contribution is 2.45. The molecule has 146 valence electrons. The van der Waals surface area contributed by atoms with E-state index in [0.717, 1.165) is 59.0 Å². The summed E-state index contributed by atoms with van der Waals surface area (Å²) in [5, 5.41) is 0. The van der Waals surface area contributed by atoms with Crippen molar-refractivity contribution in [2.75, 3.05) is 7.11 Å². The minimum Gasteiger partial charge on any atom is -0.504 e. The SMILES string of the molecule is C\C=C/C=C1/Cc2ccc3c(c2O/C1=C/CC)OC(/C=C\OC)=C(/C=C\C)C3. The third-order valence-corrected chi connectivity index (χ3v) is 4.70. The second-order valence-corrected chi connectivity index (χ2v) is 6.72. The van der Waals surface area contributed by atoms with Crippen LogP contribution in [0.3, 0.4) is 0 Å². The van der Waals surface area contributed by atoms with Crippen LogP contribution in [0.1, 0.15) is 38.3 Å². The van der Waals surface area contributed by atoms with Crippen LogP contribution >= 0.6 is 0 Å². The number of fused-ring (bicyclic) bond motifs is 3. The summed E-state index contributed by atoms with van der Waals surface area (Å²) in [6.45, 7) is 6.15. The lowest BCUT2D eigenvalue weighted by Crippen LogP contribution is -2.15. The van der Waals surface area contributed by atoms with Crippen LogP contribution < -0.4 is 9.47 Å². The Labute approximate surface area is 168 Å². The maximum absolute atomic E-state index is 6.37. The van der Waals surface area contributed by atoms with E-state index < -0.39 is 0 Å². The summed E-state index contributed by atoms with van der Waals surface area (Å²) in [7, 11) is 1.63. The Morgan fingerprint density at radius 2 is 1.75 bits per heavy atom. The van der Waals surface area contributed by atoms with Crippen molar-refractivity contribution in [2.24, 2.45) is 0 Å². The first kappa shape index (κ1) is 19.8. The molecule has 0 saturated heterocycles. The smallest absolute Gasteiger partial charge is 0.173 e. The van der Waals surface area contributed by atoms with Crippen LogP contribution in [0.4, 0.5) is 0 Å². The van der Waals surface area contributed by atoms with Gasteiger partial charge in [0.2, 0.25) is 0 Å². The van der Waals surface area contributed by atoms with Gasteiger partial charge in [0.1, 0.15) is 11.5 Å². The van der Waals surface area contributed by atoms with Crippen molar-refractivity contribution in [2.45, 2.75) is 40.0 Å². The van der Waals surface area contributed by atoms with Crippen molar-refractivity contribution in [1.29, 1.82) is 0 Å². The highest BCUT2D eigenvalue weighted by atomic mass is 16.5. The van der Waals surface area contributed by atoms with Gasteiger partial charge in [-0.05, 0) is 37.5 Å². The molecule has 0 unspecified atom stereocenters. The lowest BCUT2D eigenvalue weighted by atomic mass is 9.93. The second kappa shape index (κ2) is 9.32. The van der Waals surface area contributed by atoms with Gasteiger partial charge in [0.05, 0.1) is 13.4 Å². The summed E-state index contributed by atoms with van der Waals surface area (Å²) >= 11 is 0. The zero-order valence-corrected chi connectivity index (χ0v) is 17.1. The molecule has 2 heterocycles. The molecule has 0 spiro atoms. The number of benzene rings is 1. The first-order valence-electron chi connectivity index (χ1n) is 9.79. The van der Waals surface area contributed by atoms with Crippen LogP contribution in [0.25, 0.3) is 0 Å². The number of ether oxygens (including phenoxy) is 3. The summed E-state index contributed by atoms with van der Waals surface area (Å²) in [6.07, 6.45) is 18.5. The molecule has 2 aliphatic heterocycles. The molecule has 1 aromatic rings. The van der Waals surface area contributed by atoms with Gasteiger partial charge < -0.3 is 14.2 Å². The fourth-order valence-electron chi connectivity index (χ4n) is 3.41. The lowest BCUT2D eigenvalue weighted by molar-refractivity contribution is 0.329. The van der Waals surface area contributed by atoms with Gasteiger partial charge in [0, 0.05) is 30.0 Å². The normalized spacial score (nSPS) is 19.4. The Kier molecular flexibility index (Phi) is 6.59. The van der Waals surface area contributed by atoms with E-state index in [2.05, 4.69) is 43.4 Å². The number of rotatable bonds is 5. The Balaban J connectivity index is 2.05. The van der Waals surface area contributed by atoms with Gasteiger partial charge in [-0.2, -0.15) is 0 Å². The number of allylic oxidation sites excluding steroid dienone is 9. The fraction of sp³-hybridized carbons (Fsp3) is 0.280. The molecule has 0 aromatic heterocycles. The van der Waals surface area contributed by atoms with E-state index in [4.69, 9.17) is 14.2 Å². The second-order valence-electron chi connectivity index (χ2n) is 6.72. The first-order valence-corrected chi connectivity index (χ1v) is 9.79. The molecule has 0 N–H and O–H groups in total. The molecule has 2 aliphatic rings. The van der Waals surface area contributed by atoms with Crippen LogP contribution in [0.5, 0.6) is 11.5 Å². The molecule has 3 nitrogen and oxygen atoms in total. The largest absolute Gasteiger partial charge is 0.504 e. The summed E-state index contributed by atoms with van der Waals surface area (Å²) in [4.78, 5) is 0. The van der Waals surface area contributed by atoms with Gasteiger partial charge in [-0.3, -0.25) is 0 Å². The zero-order valence-electron chi connectivity index (χ0n) is 17.1. The standard InChI is InChI=1S/C25H28O3/c1-5-8-11-19-17-21-13-12-20-16-18(9-6-2)23(14-15-26-4)28-25(20)24(21)27-22(19)10-7-3/h5-6,8-15H,7,16-17H2,1-4H3/b8-5-,9-6-,15-14-,19-11-,22-10+. The van der Waals surface area contributed by atoms with E-state index in [0.29, 0.717) is 0 Å². The average Bonchev–Trinajstić information content (AvgIpc) is 2.71. The molecule has 0 radical (unpaired) electrons. The van der Waals surface area contributed by atoms with Crippen LogP contribution in [0, 0.1) is 0 Å². The maximum atomic E-state index is 6.37. The number of methoxy groups -OCH3 is 1. The van der Waals surface area contributed by atoms with Crippen LogP contribution in [0.2, 0.25) is 0 Å². The number of hydrogen-bond acceptors (Lipinski definition) is 3. The third-order valence-electron chi connectivity index (χ3n) is 4.70. The predicted octanol–water partition coefficient (Wildman–Crippen LogP) is 6.34. The monoisotopic (exact) mass is 376 g/mol. The van der Waals surface area contributed by atoms with Gasteiger partial charge in [-0.25, -0.2) is 0 Å². The minimum absolute atomic E-state index is 0.792. The lowest BCUT2D eigenvalue weighted by Gasteiger charge is -2.28. The summed E-state index contributed by atoms with van der Waals surface area (Å²) in [5.74, 6) is 3.36. The summed E-state index contributed by atoms with van der Waals surface area (Å²) in [6, 6.07) is 4.31. The Hall–Kier alpha value is -2.94. The Bertz CT molecular complexity index is 908. The van der Waals surface area contributed by atoms with Crippen molar-refractivity contribution < 1.29 is 14.2 Å². The van der Waals surface area contributed by atoms with Crippen molar-refractivity contribution in [1.82, 2.24) is 0 Å². The van der Waals surface area contributed by atoms with Gasteiger partial charge in [0.15, 0.2) is 11.5 Å². The molecule has 0 aliphatic carbocycles. The highest BCUT2D eigenvalue weighted by Gasteiger charge is 2.28. The van der Waals surface area contributed by atoms with Crippen molar-refractivity contribution in [3.63, 3.8) is 0 Å². The van der Waals surface area contributed by atoms with Gasteiger partial charge in [-0.15, -0.1) is 0 Å². The minimum atomic E-state index is 0.792. The van der Waals surface area contributed by atoms with Crippen LogP contribution in [-0.4, -0.2) is 7.11 Å². The Morgan fingerprint density at radius 1 is 1.00 bits per heavy atom.